The fourth-order valence-corrected chi connectivity index (χ4v) is 2.45. The van der Waals surface area contributed by atoms with E-state index >= 15 is 0 Å². The molecule has 0 aliphatic heterocycles. The second-order valence-electron chi connectivity index (χ2n) is 5.31. The zero-order chi connectivity index (χ0) is 11.8. The lowest BCUT2D eigenvalue weighted by Gasteiger charge is -2.19. The van der Waals surface area contributed by atoms with E-state index in [9.17, 15) is 0 Å². The Morgan fingerprint density at radius 3 is 2.47 bits per heavy atom. The molecule has 0 unspecified atom stereocenters. The van der Waals surface area contributed by atoms with Crippen LogP contribution in [-0.2, 0) is 0 Å². The predicted octanol–water partition coefficient (Wildman–Crippen LogP) is 2.86. The van der Waals surface area contributed by atoms with Crippen molar-refractivity contribution in [1.29, 1.82) is 5.26 Å². The highest BCUT2D eigenvalue weighted by atomic mass is 15.0. The summed E-state index contributed by atoms with van der Waals surface area (Å²) in [4.78, 5) is 4.47. The Balaban J connectivity index is 1.83. The molecule has 1 aromatic rings. The summed E-state index contributed by atoms with van der Waals surface area (Å²) >= 11 is 0. The van der Waals surface area contributed by atoms with Gasteiger partial charge in [-0.3, -0.25) is 0 Å². The Labute approximate surface area is 102 Å². The van der Waals surface area contributed by atoms with Crippen LogP contribution in [0, 0.1) is 30.1 Å². The largest absolute Gasteiger partial charge is 0.366 e. The van der Waals surface area contributed by atoms with Gasteiger partial charge in [-0.1, -0.05) is 0 Å². The number of rotatable bonds is 4. The molecule has 17 heavy (non-hydrogen) atoms. The van der Waals surface area contributed by atoms with Crippen LogP contribution >= 0.6 is 0 Å². The van der Waals surface area contributed by atoms with Crippen molar-refractivity contribution >= 4 is 5.82 Å². The SMILES string of the molecule is Cc1ccc(C#N)c(NC(C2CC2)C2CC2)n1. The minimum Gasteiger partial charge on any atom is -0.366 e. The lowest BCUT2D eigenvalue weighted by molar-refractivity contribution is 0.565. The zero-order valence-electron chi connectivity index (χ0n) is 10.1. The Bertz CT molecular complexity index is 455. The zero-order valence-corrected chi connectivity index (χ0v) is 10.1. The van der Waals surface area contributed by atoms with Crippen molar-refractivity contribution < 1.29 is 0 Å². The molecule has 3 heteroatoms. The maximum atomic E-state index is 9.10. The highest BCUT2D eigenvalue weighted by Crippen LogP contribution is 2.45. The van der Waals surface area contributed by atoms with E-state index in [4.69, 9.17) is 5.26 Å². The quantitative estimate of drug-likeness (QED) is 0.860. The van der Waals surface area contributed by atoms with Crippen LogP contribution in [0.2, 0.25) is 0 Å². The summed E-state index contributed by atoms with van der Waals surface area (Å²) in [5, 5.41) is 12.6. The molecule has 1 aromatic heterocycles. The summed E-state index contributed by atoms with van der Waals surface area (Å²) in [5.74, 6) is 2.42. The first-order valence-electron chi connectivity index (χ1n) is 6.42. The van der Waals surface area contributed by atoms with Crippen LogP contribution in [0.4, 0.5) is 5.82 Å². The first kappa shape index (κ1) is 10.6. The first-order chi connectivity index (χ1) is 8.28. The van der Waals surface area contributed by atoms with Crippen molar-refractivity contribution in [3.63, 3.8) is 0 Å². The number of aromatic nitrogens is 1. The Kier molecular flexibility index (Phi) is 2.51. The molecule has 3 rings (SSSR count). The highest BCUT2D eigenvalue weighted by molar-refractivity contribution is 5.53. The average molecular weight is 227 g/mol. The second kappa shape index (κ2) is 4.03. The molecular formula is C14H17N3. The van der Waals surface area contributed by atoms with Crippen molar-refractivity contribution in [2.45, 2.75) is 38.6 Å². The van der Waals surface area contributed by atoms with Gasteiger partial charge in [0.2, 0.25) is 0 Å². The van der Waals surface area contributed by atoms with E-state index in [1.165, 1.54) is 25.7 Å². The van der Waals surface area contributed by atoms with Crippen molar-refractivity contribution in [1.82, 2.24) is 4.98 Å². The van der Waals surface area contributed by atoms with Crippen LogP contribution in [0.3, 0.4) is 0 Å². The van der Waals surface area contributed by atoms with Crippen molar-refractivity contribution in [2.24, 2.45) is 11.8 Å². The number of hydrogen-bond donors (Lipinski definition) is 1. The van der Waals surface area contributed by atoms with Gasteiger partial charge in [-0.05, 0) is 56.6 Å². The van der Waals surface area contributed by atoms with Gasteiger partial charge in [-0.15, -0.1) is 0 Å². The molecule has 2 saturated carbocycles. The van der Waals surface area contributed by atoms with Gasteiger partial charge in [0, 0.05) is 11.7 Å². The molecule has 1 N–H and O–H groups in total. The summed E-state index contributed by atoms with van der Waals surface area (Å²) < 4.78 is 0. The number of hydrogen-bond acceptors (Lipinski definition) is 3. The van der Waals surface area contributed by atoms with Gasteiger partial charge in [-0.2, -0.15) is 5.26 Å². The van der Waals surface area contributed by atoms with Gasteiger partial charge in [-0.25, -0.2) is 4.98 Å². The summed E-state index contributed by atoms with van der Waals surface area (Å²) in [5.41, 5.74) is 1.64. The van der Waals surface area contributed by atoms with E-state index in [1.54, 1.807) is 0 Å². The molecule has 0 radical (unpaired) electrons. The molecule has 1 heterocycles. The molecular weight excluding hydrogens is 210 g/mol. The van der Waals surface area contributed by atoms with Crippen LogP contribution in [0.1, 0.15) is 36.9 Å². The van der Waals surface area contributed by atoms with E-state index in [1.807, 2.05) is 19.1 Å². The molecule has 0 aromatic carbocycles. The third kappa shape index (κ3) is 2.26. The summed E-state index contributed by atoms with van der Waals surface area (Å²) in [6, 6.07) is 6.53. The molecule has 0 amide bonds. The predicted molar refractivity (Wildman–Crippen MR) is 66.5 cm³/mol. The number of anilines is 1. The Hall–Kier alpha value is -1.56. The van der Waals surface area contributed by atoms with E-state index in [2.05, 4.69) is 16.4 Å². The van der Waals surface area contributed by atoms with E-state index < -0.39 is 0 Å². The van der Waals surface area contributed by atoms with E-state index in [-0.39, 0.29) is 0 Å². The fraction of sp³-hybridized carbons (Fsp3) is 0.571. The summed E-state index contributed by atoms with van der Waals surface area (Å²) in [7, 11) is 0. The molecule has 0 bridgehead atoms. The third-order valence-corrected chi connectivity index (χ3v) is 3.72. The van der Waals surface area contributed by atoms with Crippen molar-refractivity contribution in [3.05, 3.63) is 23.4 Å². The topological polar surface area (TPSA) is 48.7 Å². The van der Waals surface area contributed by atoms with Crippen molar-refractivity contribution in [3.8, 4) is 6.07 Å². The van der Waals surface area contributed by atoms with Crippen LogP contribution in [0.25, 0.3) is 0 Å². The van der Waals surface area contributed by atoms with E-state index in [0.717, 1.165) is 23.3 Å². The van der Waals surface area contributed by atoms with Crippen LogP contribution in [-0.4, -0.2) is 11.0 Å². The lowest BCUT2D eigenvalue weighted by Crippen LogP contribution is -2.25. The van der Waals surface area contributed by atoms with Crippen LogP contribution in [0.5, 0.6) is 0 Å². The van der Waals surface area contributed by atoms with Crippen LogP contribution < -0.4 is 5.32 Å². The van der Waals surface area contributed by atoms with Gasteiger partial charge in [0.1, 0.15) is 11.9 Å². The van der Waals surface area contributed by atoms with E-state index in [0.29, 0.717) is 11.6 Å². The number of nitrogens with one attached hydrogen (secondary N) is 1. The molecule has 88 valence electrons. The maximum Gasteiger partial charge on any atom is 0.144 e. The Morgan fingerprint density at radius 1 is 1.29 bits per heavy atom. The number of nitrogens with zero attached hydrogens (tertiary/aromatic N) is 2. The van der Waals surface area contributed by atoms with Gasteiger partial charge in [0.25, 0.3) is 0 Å². The molecule has 2 aliphatic rings. The maximum absolute atomic E-state index is 9.10. The minimum atomic E-state index is 0.552. The summed E-state index contributed by atoms with van der Waals surface area (Å²) in [6.45, 7) is 1.97. The highest BCUT2D eigenvalue weighted by Gasteiger charge is 2.41. The third-order valence-electron chi connectivity index (χ3n) is 3.72. The average Bonchev–Trinajstić information content (AvgIpc) is 3.16. The molecule has 2 fully saturated rings. The number of aryl methyl sites for hydroxylation is 1. The standard InChI is InChI=1S/C14H17N3/c1-9-2-3-12(8-15)14(16-9)17-13(10-4-5-10)11-6-7-11/h2-3,10-11,13H,4-7H2,1H3,(H,16,17). The molecule has 0 spiro atoms. The minimum absolute atomic E-state index is 0.552. The van der Waals surface area contributed by atoms with Gasteiger partial charge >= 0.3 is 0 Å². The second-order valence-corrected chi connectivity index (χ2v) is 5.31. The number of pyridine rings is 1. The van der Waals surface area contributed by atoms with Crippen LogP contribution in [0.15, 0.2) is 12.1 Å². The first-order valence-corrected chi connectivity index (χ1v) is 6.42. The summed E-state index contributed by atoms with van der Waals surface area (Å²) in [6.07, 6.45) is 5.34. The normalized spacial score (nSPS) is 19.1. The monoisotopic (exact) mass is 227 g/mol. The van der Waals surface area contributed by atoms with Gasteiger partial charge in [0.05, 0.1) is 5.56 Å². The fourth-order valence-electron chi connectivity index (χ4n) is 2.45. The molecule has 3 nitrogen and oxygen atoms in total. The molecule has 0 saturated heterocycles. The van der Waals surface area contributed by atoms with Gasteiger partial charge < -0.3 is 5.32 Å². The Morgan fingerprint density at radius 2 is 1.94 bits per heavy atom. The lowest BCUT2D eigenvalue weighted by atomic mass is 10.1. The smallest absolute Gasteiger partial charge is 0.144 e. The number of nitriles is 1. The molecule has 2 aliphatic carbocycles. The van der Waals surface area contributed by atoms with Gasteiger partial charge in [0.15, 0.2) is 0 Å². The molecule has 0 atom stereocenters. The van der Waals surface area contributed by atoms with Crippen molar-refractivity contribution in [2.75, 3.05) is 5.32 Å².